The third-order valence-electron chi connectivity index (χ3n) is 3.64. The molecule has 0 unspecified atom stereocenters. The third-order valence-corrected chi connectivity index (χ3v) is 3.64. The van der Waals surface area contributed by atoms with Gasteiger partial charge in [0, 0.05) is 24.7 Å². The first-order valence-corrected chi connectivity index (χ1v) is 7.79. The Morgan fingerprint density at radius 2 is 1.62 bits per heavy atom. The molecule has 0 aliphatic carbocycles. The summed E-state index contributed by atoms with van der Waals surface area (Å²) in [4.78, 5) is 8.38. The van der Waals surface area contributed by atoms with Crippen LogP contribution in [0.3, 0.4) is 0 Å². The second-order valence-corrected chi connectivity index (χ2v) is 5.58. The molecule has 0 fully saturated rings. The van der Waals surface area contributed by atoms with E-state index in [4.69, 9.17) is 0 Å². The maximum absolute atomic E-state index is 13.6. The van der Waals surface area contributed by atoms with E-state index in [1.54, 1.807) is 12.1 Å². The first kappa shape index (κ1) is 15.9. The van der Waals surface area contributed by atoms with Gasteiger partial charge in [0.25, 0.3) is 0 Å². The first-order valence-electron chi connectivity index (χ1n) is 7.79. The minimum atomic E-state index is -0.225. The monoisotopic (exact) mass is 322 g/mol. The first-order chi connectivity index (χ1) is 11.7. The summed E-state index contributed by atoms with van der Waals surface area (Å²) >= 11 is 0. The minimum Gasteiger partial charge on any atom is -0.366 e. The Bertz CT molecular complexity index is 820. The normalized spacial score (nSPS) is 10.4. The molecular weight excluding hydrogens is 303 g/mol. The number of hydrogen-bond donors (Lipinski definition) is 2. The highest BCUT2D eigenvalue weighted by Gasteiger charge is 2.03. The molecule has 122 valence electrons. The molecule has 2 N–H and O–H groups in total. The van der Waals surface area contributed by atoms with Gasteiger partial charge in [-0.1, -0.05) is 48.0 Å². The van der Waals surface area contributed by atoms with Gasteiger partial charge >= 0.3 is 0 Å². The highest BCUT2D eigenvalue weighted by atomic mass is 19.1. The number of rotatable bonds is 6. The Kier molecular flexibility index (Phi) is 5.01. The number of benzene rings is 2. The molecule has 1 aromatic heterocycles. The van der Waals surface area contributed by atoms with Crippen molar-refractivity contribution in [2.45, 2.75) is 20.0 Å². The molecule has 4 nitrogen and oxygen atoms in total. The van der Waals surface area contributed by atoms with E-state index in [1.807, 2.05) is 18.2 Å². The molecule has 2 aromatic carbocycles. The predicted molar refractivity (Wildman–Crippen MR) is 94.3 cm³/mol. The van der Waals surface area contributed by atoms with Crippen molar-refractivity contribution < 1.29 is 4.39 Å². The van der Waals surface area contributed by atoms with Crippen LogP contribution in [0.1, 0.15) is 16.7 Å². The number of nitrogens with one attached hydrogen (secondary N) is 2. The van der Waals surface area contributed by atoms with E-state index in [2.05, 4.69) is 45.7 Å². The molecule has 0 bridgehead atoms. The van der Waals surface area contributed by atoms with Crippen LogP contribution in [0.15, 0.2) is 60.9 Å². The van der Waals surface area contributed by atoms with Gasteiger partial charge in [-0.3, -0.25) is 0 Å². The van der Waals surface area contributed by atoms with Crippen molar-refractivity contribution in [3.05, 3.63) is 83.4 Å². The fraction of sp³-hybridized carbons (Fsp3) is 0.158. The number of aryl methyl sites for hydroxylation is 1. The van der Waals surface area contributed by atoms with Crippen molar-refractivity contribution in [3.8, 4) is 0 Å². The zero-order chi connectivity index (χ0) is 16.8. The summed E-state index contributed by atoms with van der Waals surface area (Å²) < 4.78 is 13.6. The fourth-order valence-electron chi connectivity index (χ4n) is 2.39. The van der Waals surface area contributed by atoms with Crippen LogP contribution < -0.4 is 10.6 Å². The summed E-state index contributed by atoms with van der Waals surface area (Å²) in [6.45, 7) is 3.13. The van der Waals surface area contributed by atoms with Crippen LogP contribution >= 0.6 is 0 Å². The SMILES string of the molecule is Cc1cccc(CNc2cc(NCc3ccccc3F)ncn2)c1. The molecule has 0 atom stereocenters. The average molecular weight is 322 g/mol. The van der Waals surface area contributed by atoms with Crippen molar-refractivity contribution in [2.24, 2.45) is 0 Å². The van der Waals surface area contributed by atoms with E-state index in [-0.39, 0.29) is 5.82 Å². The van der Waals surface area contributed by atoms with Gasteiger partial charge in [0.2, 0.25) is 0 Å². The average Bonchev–Trinajstić information content (AvgIpc) is 2.60. The van der Waals surface area contributed by atoms with Gasteiger partial charge in [0.05, 0.1) is 0 Å². The molecule has 1 heterocycles. The summed E-state index contributed by atoms with van der Waals surface area (Å²) in [7, 11) is 0. The van der Waals surface area contributed by atoms with Gasteiger partial charge in [-0.2, -0.15) is 0 Å². The van der Waals surface area contributed by atoms with E-state index < -0.39 is 0 Å². The number of hydrogen-bond acceptors (Lipinski definition) is 4. The molecule has 0 radical (unpaired) electrons. The maximum atomic E-state index is 13.6. The van der Waals surface area contributed by atoms with E-state index >= 15 is 0 Å². The molecular formula is C19H19FN4. The van der Waals surface area contributed by atoms with Crippen molar-refractivity contribution in [3.63, 3.8) is 0 Å². The van der Waals surface area contributed by atoms with E-state index in [1.165, 1.54) is 23.5 Å². The lowest BCUT2D eigenvalue weighted by Crippen LogP contribution is -2.06. The lowest BCUT2D eigenvalue weighted by atomic mass is 10.1. The van der Waals surface area contributed by atoms with Crippen molar-refractivity contribution in [2.75, 3.05) is 10.6 Å². The lowest BCUT2D eigenvalue weighted by molar-refractivity contribution is 0.613. The zero-order valence-electron chi connectivity index (χ0n) is 13.5. The van der Waals surface area contributed by atoms with Crippen molar-refractivity contribution in [1.82, 2.24) is 9.97 Å². The largest absolute Gasteiger partial charge is 0.366 e. The standard InChI is InChI=1S/C19H19FN4/c1-14-5-4-6-15(9-14)11-21-18-10-19(24-13-23-18)22-12-16-7-2-3-8-17(16)20/h2-10,13H,11-12H2,1H3,(H2,21,22,23,24). The second kappa shape index (κ2) is 7.55. The Morgan fingerprint density at radius 3 is 2.38 bits per heavy atom. The summed E-state index contributed by atoms with van der Waals surface area (Å²) in [5, 5.41) is 6.39. The van der Waals surface area contributed by atoms with Gasteiger partial charge in [0.1, 0.15) is 23.8 Å². The molecule has 0 saturated carbocycles. The van der Waals surface area contributed by atoms with Gasteiger partial charge in [-0.15, -0.1) is 0 Å². The van der Waals surface area contributed by atoms with Gasteiger partial charge < -0.3 is 10.6 Å². The molecule has 3 rings (SSSR count). The number of aromatic nitrogens is 2. The highest BCUT2D eigenvalue weighted by Crippen LogP contribution is 2.13. The minimum absolute atomic E-state index is 0.225. The summed E-state index contributed by atoms with van der Waals surface area (Å²) in [5.41, 5.74) is 3.02. The third kappa shape index (κ3) is 4.29. The Balaban J connectivity index is 1.60. The molecule has 24 heavy (non-hydrogen) atoms. The molecule has 5 heteroatoms. The van der Waals surface area contributed by atoms with E-state index in [0.717, 1.165) is 5.82 Å². The van der Waals surface area contributed by atoms with Crippen LogP contribution in [0.4, 0.5) is 16.0 Å². The van der Waals surface area contributed by atoms with Crippen LogP contribution in [0.25, 0.3) is 0 Å². The predicted octanol–water partition coefficient (Wildman–Crippen LogP) is 4.15. The van der Waals surface area contributed by atoms with Gasteiger partial charge in [-0.05, 0) is 18.6 Å². The zero-order valence-corrected chi connectivity index (χ0v) is 13.5. The van der Waals surface area contributed by atoms with Gasteiger partial charge in [-0.25, -0.2) is 14.4 Å². The molecule has 3 aromatic rings. The summed E-state index contributed by atoms with van der Waals surface area (Å²) in [6, 6.07) is 16.8. The summed E-state index contributed by atoms with van der Waals surface area (Å²) in [6.07, 6.45) is 1.49. The number of anilines is 2. The highest BCUT2D eigenvalue weighted by molar-refractivity contribution is 5.47. The lowest BCUT2D eigenvalue weighted by Gasteiger charge is -2.09. The molecule has 0 amide bonds. The van der Waals surface area contributed by atoms with Crippen LogP contribution in [-0.4, -0.2) is 9.97 Å². The van der Waals surface area contributed by atoms with Crippen molar-refractivity contribution >= 4 is 11.6 Å². The number of halogens is 1. The number of nitrogens with zero attached hydrogens (tertiary/aromatic N) is 2. The van der Waals surface area contributed by atoms with Gasteiger partial charge in [0.15, 0.2) is 0 Å². The molecule has 0 aliphatic rings. The second-order valence-electron chi connectivity index (χ2n) is 5.58. The van der Waals surface area contributed by atoms with Crippen molar-refractivity contribution in [1.29, 1.82) is 0 Å². The fourth-order valence-corrected chi connectivity index (χ4v) is 2.39. The van der Waals surface area contributed by atoms with E-state index in [9.17, 15) is 4.39 Å². The summed E-state index contributed by atoms with van der Waals surface area (Å²) in [5.74, 6) is 1.15. The Hall–Kier alpha value is -2.95. The molecule has 0 spiro atoms. The smallest absolute Gasteiger partial charge is 0.131 e. The molecule has 0 saturated heterocycles. The van der Waals surface area contributed by atoms with Crippen LogP contribution in [-0.2, 0) is 13.1 Å². The maximum Gasteiger partial charge on any atom is 0.131 e. The Labute approximate surface area is 140 Å². The van der Waals surface area contributed by atoms with Crippen LogP contribution in [0, 0.1) is 12.7 Å². The van der Waals surface area contributed by atoms with Crippen LogP contribution in [0.2, 0.25) is 0 Å². The van der Waals surface area contributed by atoms with Crippen LogP contribution in [0.5, 0.6) is 0 Å². The molecule has 0 aliphatic heterocycles. The Morgan fingerprint density at radius 1 is 0.875 bits per heavy atom. The topological polar surface area (TPSA) is 49.8 Å². The quantitative estimate of drug-likeness (QED) is 0.716. The van der Waals surface area contributed by atoms with E-state index in [0.29, 0.717) is 24.5 Å².